The molecule has 0 aromatic heterocycles. The Labute approximate surface area is 180 Å². The Hall–Kier alpha value is -4.07. The number of hydrogen-bond acceptors (Lipinski definition) is 7. The highest BCUT2D eigenvalue weighted by Gasteiger charge is 2.22. The van der Waals surface area contributed by atoms with Gasteiger partial charge >= 0.3 is 5.69 Å². The summed E-state index contributed by atoms with van der Waals surface area (Å²) >= 11 is 0. The van der Waals surface area contributed by atoms with Gasteiger partial charge in [-0.15, -0.1) is 0 Å². The summed E-state index contributed by atoms with van der Waals surface area (Å²) in [5.41, 5.74) is 5.89. The van der Waals surface area contributed by atoms with Gasteiger partial charge < -0.3 is 14.2 Å². The van der Waals surface area contributed by atoms with Gasteiger partial charge in [0, 0.05) is 11.6 Å². The Bertz CT molecular complexity index is 1080. The van der Waals surface area contributed by atoms with E-state index in [1.807, 2.05) is 43.3 Å². The van der Waals surface area contributed by atoms with Gasteiger partial charge in [0.25, 0.3) is 0 Å². The molecule has 3 aromatic carbocycles. The first-order valence-corrected chi connectivity index (χ1v) is 9.48. The summed E-state index contributed by atoms with van der Waals surface area (Å²) in [6.07, 6.45) is 1.48. The number of nitro benzene ring substituents is 1. The maximum Gasteiger partial charge on any atom is 0.315 e. The number of rotatable bonds is 9. The largest absolute Gasteiger partial charge is 0.497 e. The molecular formula is C23H23N3O5. The van der Waals surface area contributed by atoms with Crippen LogP contribution in [0.3, 0.4) is 0 Å². The summed E-state index contributed by atoms with van der Waals surface area (Å²) < 4.78 is 16.3. The molecule has 8 heteroatoms. The summed E-state index contributed by atoms with van der Waals surface area (Å²) in [7, 11) is 3.03. The van der Waals surface area contributed by atoms with Crippen LogP contribution < -0.4 is 19.6 Å². The van der Waals surface area contributed by atoms with Crippen molar-refractivity contribution in [2.24, 2.45) is 5.10 Å². The Kier molecular flexibility index (Phi) is 7.05. The van der Waals surface area contributed by atoms with Crippen molar-refractivity contribution in [3.63, 3.8) is 0 Å². The second-order valence-electron chi connectivity index (χ2n) is 6.64. The fourth-order valence-corrected chi connectivity index (χ4v) is 2.88. The fraction of sp³-hybridized carbons (Fsp3) is 0.174. The van der Waals surface area contributed by atoms with Crippen LogP contribution in [-0.2, 0) is 6.61 Å². The third kappa shape index (κ3) is 5.51. The minimum atomic E-state index is -0.496. The quantitative estimate of drug-likeness (QED) is 0.299. The predicted molar refractivity (Wildman–Crippen MR) is 119 cm³/mol. The lowest BCUT2D eigenvalue weighted by Gasteiger charge is -2.13. The van der Waals surface area contributed by atoms with Crippen molar-refractivity contribution in [1.29, 1.82) is 0 Å². The number of aryl methyl sites for hydroxylation is 1. The van der Waals surface area contributed by atoms with Crippen molar-refractivity contribution < 1.29 is 19.1 Å². The van der Waals surface area contributed by atoms with Gasteiger partial charge in [-0.25, -0.2) is 0 Å². The molecule has 8 nitrogen and oxygen atoms in total. The van der Waals surface area contributed by atoms with E-state index >= 15 is 0 Å². The molecule has 0 aliphatic heterocycles. The molecular weight excluding hydrogens is 398 g/mol. The van der Waals surface area contributed by atoms with E-state index in [1.165, 1.54) is 19.4 Å². The normalized spacial score (nSPS) is 10.7. The van der Waals surface area contributed by atoms with Crippen molar-refractivity contribution >= 4 is 17.6 Å². The van der Waals surface area contributed by atoms with Gasteiger partial charge in [-0.2, -0.15) is 5.10 Å². The first-order valence-electron chi connectivity index (χ1n) is 9.48. The maximum absolute atomic E-state index is 11.7. The van der Waals surface area contributed by atoms with E-state index in [0.29, 0.717) is 5.56 Å². The van der Waals surface area contributed by atoms with E-state index in [-0.39, 0.29) is 23.8 Å². The average molecular weight is 421 g/mol. The zero-order valence-electron chi connectivity index (χ0n) is 17.5. The van der Waals surface area contributed by atoms with E-state index in [1.54, 1.807) is 25.3 Å². The van der Waals surface area contributed by atoms with E-state index in [9.17, 15) is 10.1 Å². The van der Waals surface area contributed by atoms with E-state index in [4.69, 9.17) is 14.2 Å². The highest BCUT2D eigenvalue weighted by molar-refractivity contribution is 5.83. The van der Waals surface area contributed by atoms with Crippen LogP contribution in [0.25, 0.3) is 0 Å². The highest BCUT2D eigenvalue weighted by atomic mass is 16.6. The van der Waals surface area contributed by atoms with Crippen molar-refractivity contribution in [3.05, 3.63) is 87.5 Å². The number of ether oxygens (including phenoxy) is 3. The molecule has 0 radical (unpaired) electrons. The summed E-state index contributed by atoms with van der Waals surface area (Å²) in [5.74, 6) is 1.07. The minimum absolute atomic E-state index is 0.0796. The van der Waals surface area contributed by atoms with Crippen LogP contribution in [0.5, 0.6) is 17.2 Å². The Balaban J connectivity index is 1.81. The van der Waals surface area contributed by atoms with Gasteiger partial charge in [-0.3, -0.25) is 15.5 Å². The number of nitro groups is 1. The van der Waals surface area contributed by atoms with E-state index in [0.717, 1.165) is 22.6 Å². The molecule has 0 bridgehead atoms. The molecule has 0 heterocycles. The zero-order valence-corrected chi connectivity index (χ0v) is 17.5. The number of hydrogen-bond donors (Lipinski definition) is 1. The fourth-order valence-electron chi connectivity index (χ4n) is 2.88. The Morgan fingerprint density at radius 3 is 2.45 bits per heavy atom. The first kappa shape index (κ1) is 21.6. The molecule has 0 aliphatic carbocycles. The Morgan fingerprint density at radius 1 is 1.06 bits per heavy atom. The van der Waals surface area contributed by atoms with Crippen LogP contribution in [0.15, 0.2) is 65.8 Å². The van der Waals surface area contributed by atoms with E-state index < -0.39 is 4.92 Å². The third-order valence-electron chi connectivity index (χ3n) is 4.60. The van der Waals surface area contributed by atoms with Crippen molar-refractivity contribution in [3.8, 4) is 17.2 Å². The molecule has 160 valence electrons. The zero-order chi connectivity index (χ0) is 22.2. The van der Waals surface area contributed by atoms with Crippen molar-refractivity contribution in [2.45, 2.75) is 13.5 Å². The van der Waals surface area contributed by atoms with Crippen LogP contribution in [0.2, 0.25) is 0 Å². The van der Waals surface area contributed by atoms with Gasteiger partial charge in [0.1, 0.15) is 12.4 Å². The smallest absolute Gasteiger partial charge is 0.315 e. The maximum atomic E-state index is 11.7. The minimum Gasteiger partial charge on any atom is -0.497 e. The molecule has 0 saturated heterocycles. The Morgan fingerprint density at radius 2 is 1.81 bits per heavy atom. The van der Waals surface area contributed by atoms with Gasteiger partial charge in [-0.05, 0) is 48.4 Å². The molecule has 0 saturated carbocycles. The SMILES string of the molecule is COc1ccc(N/N=C/c2cc(OC)c(OCc3ccccc3C)c([N+](=O)[O-])c2)cc1. The number of benzene rings is 3. The topological polar surface area (TPSA) is 95.2 Å². The average Bonchev–Trinajstić information content (AvgIpc) is 2.78. The van der Waals surface area contributed by atoms with Gasteiger partial charge in [0.15, 0.2) is 5.75 Å². The second-order valence-corrected chi connectivity index (χ2v) is 6.64. The van der Waals surface area contributed by atoms with Gasteiger partial charge in [-0.1, -0.05) is 24.3 Å². The first-order chi connectivity index (χ1) is 15.0. The lowest BCUT2D eigenvalue weighted by molar-refractivity contribution is -0.386. The summed E-state index contributed by atoms with van der Waals surface area (Å²) in [6, 6.07) is 17.9. The second kappa shape index (κ2) is 10.1. The summed E-state index contributed by atoms with van der Waals surface area (Å²) in [5, 5.41) is 15.8. The standard InChI is InChI=1S/C23H23N3O5/c1-16-6-4-5-7-18(16)15-31-23-21(26(27)28)12-17(13-22(23)30-3)14-24-25-19-8-10-20(29-2)11-9-19/h4-14,25H,15H2,1-3H3/b24-14+. The van der Waals surface area contributed by atoms with Crippen LogP contribution in [0.4, 0.5) is 11.4 Å². The molecule has 3 aromatic rings. The van der Waals surface area contributed by atoms with Crippen LogP contribution in [0.1, 0.15) is 16.7 Å². The van der Waals surface area contributed by atoms with Crippen LogP contribution in [-0.4, -0.2) is 25.4 Å². The molecule has 0 fully saturated rings. The molecule has 31 heavy (non-hydrogen) atoms. The molecule has 0 atom stereocenters. The van der Waals surface area contributed by atoms with Crippen LogP contribution >= 0.6 is 0 Å². The highest BCUT2D eigenvalue weighted by Crippen LogP contribution is 2.38. The monoisotopic (exact) mass is 421 g/mol. The van der Waals surface area contributed by atoms with Crippen LogP contribution in [0, 0.1) is 17.0 Å². The molecule has 1 N–H and O–H groups in total. The number of nitrogens with zero attached hydrogens (tertiary/aromatic N) is 2. The molecule has 0 aliphatic rings. The number of anilines is 1. The molecule has 3 rings (SSSR count). The molecule has 0 unspecified atom stereocenters. The molecule has 0 amide bonds. The number of nitrogens with one attached hydrogen (secondary N) is 1. The van der Waals surface area contributed by atoms with Crippen molar-refractivity contribution in [2.75, 3.05) is 19.6 Å². The summed E-state index contributed by atoms with van der Waals surface area (Å²) in [4.78, 5) is 11.2. The summed E-state index contributed by atoms with van der Waals surface area (Å²) in [6.45, 7) is 2.15. The third-order valence-corrected chi connectivity index (χ3v) is 4.60. The van der Waals surface area contributed by atoms with E-state index in [2.05, 4.69) is 10.5 Å². The van der Waals surface area contributed by atoms with Gasteiger partial charge in [0.05, 0.1) is 31.0 Å². The lowest BCUT2D eigenvalue weighted by Crippen LogP contribution is -2.04. The molecule has 0 spiro atoms. The van der Waals surface area contributed by atoms with Gasteiger partial charge in [0.2, 0.25) is 5.75 Å². The number of hydrazone groups is 1. The van der Waals surface area contributed by atoms with Crippen molar-refractivity contribution in [1.82, 2.24) is 0 Å². The lowest BCUT2D eigenvalue weighted by atomic mass is 10.1. The predicted octanol–water partition coefficient (Wildman–Crippen LogP) is 4.95. The number of methoxy groups -OCH3 is 2.